The van der Waals surface area contributed by atoms with E-state index in [0.717, 1.165) is 0 Å². The van der Waals surface area contributed by atoms with Gasteiger partial charge in [-0.25, -0.2) is 0 Å². The van der Waals surface area contributed by atoms with Gasteiger partial charge in [0.25, 0.3) is 0 Å². The minimum atomic E-state index is -0.986. The van der Waals surface area contributed by atoms with Gasteiger partial charge in [0.05, 0.1) is 17.9 Å². The van der Waals surface area contributed by atoms with Crippen LogP contribution in [0.25, 0.3) is 0 Å². The highest BCUT2D eigenvalue weighted by Gasteiger charge is 2.54. The second-order valence-electron chi connectivity index (χ2n) is 6.14. The molecule has 0 spiro atoms. The van der Waals surface area contributed by atoms with Crippen LogP contribution in [-0.4, -0.2) is 51.6 Å². The summed E-state index contributed by atoms with van der Waals surface area (Å²) >= 11 is 0. The molecule has 1 saturated carbocycles. The zero-order chi connectivity index (χ0) is 15.3. The molecule has 1 aliphatic heterocycles. The number of rotatable bonds is 3. The predicted octanol–water partition coefficient (Wildman–Crippen LogP) is -1.04. The first-order valence-electron chi connectivity index (χ1n) is 7.09. The number of aliphatic hydroxyl groups excluding tert-OH is 1. The van der Waals surface area contributed by atoms with Crippen molar-refractivity contribution in [3.8, 4) is 0 Å². The number of likely N-dealkylation sites (tertiary alicyclic amines) is 1. The summed E-state index contributed by atoms with van der Waals surface area (Å²) in [6.45, 7) is 0.0381. The fourth-order valence-electron chi connectivity index (χ4n) is 4.01. The quantitative estimate of drug-likeness (QED) is 0.574. The van der Waals surface area contributed by atoms with Crippen molar-refractivity contribution in [2.45, 2.75) is 25.0 Å². The summed E-state index contributed by atoms with van der Waals surface area (Å²) in [7, 11) is 0. The van der Waals surface area contributed by atoms with Gasteiger partial charge in [-0.05, 0) is 18.3 Å². The second-order valence-corrected chi connectivity index (χ2v) is 6.14. The van der Waals surface area contributed by atoms with Crippen LogP contribution < -0.4 is 5.73 Å². The van der Waals surface area contributed by atoms with E-state index in [1.165, 1.54) is 4.90 Å². The maximum atomic E-state index is 12.7. The molecule has 2 aliphatic carbocycles. The van der Waals surface area contributed by atoms with Gasteiger partial charge in [-0.3, -0.25) is 14.4 Å². The summed E-state index contributed by atoms with van der Waals surface area (Å²) in [5.74, 6) is -3.66. The molecule has 3 aliphatic rings. The Morgan fingerprint density at radius 3 is 2.29 bits per heavy atom. The Hall–Kier alpha value is -1.89. The van der Waals surface area contributed by atoms with Crippen molar-refractivity contribution < 1.29 is 24.6 Å². The van der Waals surface area contributed by atoms with Crippen LogP contribution in [0.4, 0.5) is 0 Å². The molecule has 21 heavy (non-hydrogen) atoms. The van der Waals surface area contributed by atoms with Crippen molar-refractivity contribution in [2.24, 2.45) is 29.4 Å². The molecule has 2 bridgehead atoms. The van der Waals surface area contributed by atoms with Gasteiger partial charge in [-0.1, -0.05) is 12.2 Å². The molecule has 0 aromatic carbocycles. The number of primary amides is 1. The van der Waals surface area contributed by atoms with Crippen LogP contribution in [0.1, 0.15) is 12.8 Å². The van der Waals surface area contributed by atoms with Gasteiger partial charge >= 0.3 is 5.97 Å². The van der Waals surface area contributed by atoms with Gasteiger partial charge in [-0.15, -0.1) is 0 Å². The van der Waals surface area contributed by atoms with E-state index in [0.29, 0.717) is 6.42 Å². The van der Waals surface area contributed by atoms with E-state index in [2.05, 4.69) is 0 Å². The van der Waals surface area contributed by atoms with Gasteiger partial charge in [0.15, 0.2) is 0 Å². The van der Waals surface area contributed by atoms with Crippen LogP contribution in [0.2, 0.25) is 0 Å². The number of nitrogens with two attached hydrogens (primary N) is 1. The van der Waals surface area contributed by atoms with Crippen LogP contribution in [0.3, 0.4) is 0 Å². The molecule has 0 aromatic rings. The molecule has 4 unspecified atom stereocenters. The highest BCUT2D eigenvalue weighted by atomic mass is 16.4. The molecule has 1 saturated heterocycles. The van der Waals surface area contributed by atoms with E-state index < -0.39 is 35.9 Å². The Labute approximate surface area is 121 Å². The van der Waals surface area contributed by atoms with Crippen LogP contribution in [0.5, 0.6) is 0 Å². The molecule has 0 radical (unpaired) electrons. The van der Waals surface area contributed by atoms with E-state index in [1.54, 1.807) is 0 Å². The summed E-state index contributed by atoms with van der Waals surface area (Å²) in [6, 6.07) is -0.843. The second kappa shape index (κ2) is 4.84. The molecule has 114 valence electrons. The number of aliphatic carboxylic acids is 1. The maximum absolute atomic E-state index is 12.7. The normalized spacial score (nSPS) is 40.7. The molecule has 7 heteroatoms. The third kappa shape index (κ3) is 2.12. The van der Waals surface area contributed by atoms with Crippen LogP contribution in [-0.2, 0) is 14.4 Å². The average Bonchev–Trinajstić information content (AvgIpc) is 3.09. The monoisotopic (exact) mass is 294 g/mol. The van der Waals surface area contributed by atoms with E-state index in [4.69, 9.17) is 5.73 Å². The standard InChI is InChI=1S/C14H18N2O5/c15-12(18)9-4-8(17)5-16(9)13(19)10-6-1-2-7(3-6)11(10)14(20)21/h1-2,6-11,17H,3-5H2,(H2,15,18)(H,20,21)/t6?,7?,8?,9?,10-,11+/m0/s1. The first-order chi connectivity index (χ1) is 9.90. The zero-order valence-electron chi connectivity index (χ0n) is 11.4. The number of fused-ring (bicyclic) bond motifs is 2. The van der Waals surface area contributed by atoms with Gasteiger partial charge in [0, 0.05) is 13.0 Å². The summed E-state index contributed by atoms with van der Waals surface area (Å²) in [4.78, 5) is 36.9. The average molecular weight is 294 g/mol. The number of hydrogen-bond donors (Lipinski definition) is 3. The van der Waals surface area contributed by atoms with Crippen molar-refractivity contribution >= 4 is 17.8 Å². The minimum absolute atomic E-state index is 0.0381. The topological polar surface area (TPSA) is 121 Å². The van der Waals surface area contributed by atoms with Gasteiger partial charge < -0.3 is 20.8 Å². The third-order valence-corrected chi connectivity index (χ3v) is 4.92. The van der Waals surface area contributed by atoms with Crippen LogP contribution in [0, 0.1) is 23.7 Å². The highest BCUT2D eigenvalue weighted by molar-refractivity contribution is 5.91. The summed E-state index contributed by atoms with van der Waals surface area (Å²) < 4.78 is 0. The van der Waals surface area contributed by atoms with Crippen molar-refractivity contribution in [2.75, 3.05) is 6.54 Å². The largest absolute Gasteiger partial charge is 0.481 e. The lowest BCUT2D eigenvalue weighted by atomic mass is 9.82. The SMILES string of the molecule is NC(=O)C1CC(O)CN1C(=O)[C@H]1C2C=CC(C2)[C@H]1C(=O)O. The summed E-state index contributed by atoms with van der Waals surface area (Å²) in [5, 5.41) is 19.1. The minimum Gasteiger partial charge on any atom is -0.481 e. The molecule has 4 N–H and O–H groups in total. The number of carbonyl (C=O) groups is 3. The molecule has 1 heterocycles. The Morgan fingerprint density at radius 2 is 1.71 bits per heavy atom. The van der Waals surface area contributed by atoms with Crippen molar-refractivity contribution in [3.63, 3.8) is 0 Å². The lowest BCUT2D eigenvalue weighted by Gasteiger charge is -2.30. The number of carbonyl (C=O) groups excluding carboxylic acids is 2. The van der Waals surface area contributed by atoms with Crippen molar-refractivity contribution in [1.29, 1.82) is 0 Å². The number of aliphatic hydroxyl groups is 1. The van der Waals surface area contributed by atoms with E-state index in [-0.39, 0.29) is 30.7 Å². The number of allylic oxidation sites excluding steroid dienone is 2. The summed E-state index contributed by atoms with van der Waals surface area (Å²) in [5.41, 5.74) is 5.28. The Kier molecular flexibility index (Phi) is 3.24. The lowest BCUT2D eigenvalue weighted by molar-refractivity contribution is -0.152. The van der Waals surface area contributed by atoms with Gasteiger partial charge in [0.2, 0.25) is 11.8 Å². The number of amides is 2. The van der Waals surface area contributed by atoms with Crippen LogP contribution >= 0.6 is 0 Å². The Balaban J connectivity index is 1.86. The summed E-state index contributed by atoms with van der Waals surface area (Å²) in [6.07, 6.45) is 3.74. The molecule has 2 amide bonds. The molecular formula is C14H18N2O5. The maximum Gasteiger partial charge on any atom is 0.307 e. The van der Waals surface area contributed by atoms with Crippen molar-refractivity contribution in [1.82, 2.24) is 4.90 Å². The van der Waals surface area contributed by atoms with Crippen LogP contribution in [0.15, 0.2) is 12.2 Å². The molecule has 0 aromatic heterocycles. The first kappa shape index (κ1) is 14.1. The lowest BCUT2D eigenvalue weighted by Crippen LogP contribution is -2.49. The highest BCUT2D eigenvalue weighted by Crippen LogP contribution is 2.49. The van der Waals surface area contributed by atoms with E-state index in [9.17, 15) is 24.6 Å². The number of β-amino-alcohol motifs (C(OH)–C–C–N with tert-alkyl or cyclic N) is 1. The molecular weight excluding hydrogens is 276 g/mol. The third-order valence-electron chi connectivity index (χ3n) is 4.92. The predicted molar refractivity (Wildman–Crippen MR) is 70.7 cm³/mol. The Bertz CT molecular complexity index is 531. The number of nitrogens with zero attached hydrogens (tertiary/aromatic N) is 1. The number of hydrogen-bond acceptors (Lipinski definition) is 4. The fourth-order valence-corrected chi connectivity index (χ4v) is 4.01. The molecule has 3 rings (SSSR count). The van der Waals surface area contributed by atoms with Gasteiger partial charge in [0.1, 0.15) is 6.04 Å². The Morgan fingerprint density at radius 1 is 1.10 bits per heavy atom. The molecule has 6 atom stereocenters. The van der Waals surface area contributed by atoms with E-state index in [1.807, 2.05) is 12.2 Å². The fraction of sp³-hybridized carbons (Fsp3) is 0.643. The number of carboxylic acid groups (broad SMARTS) is 1. The smallest absolute Gasteiger partial charge is 0.307 e. The van der Waals surface area contributed by atoms with E-state index >= 15 is 0 Å². The zero-order valence-corrected chi connectivity index (χ0v) is 11.4. The first-order valence-corrected chi connectivity index (χ1v) is 7.09. The molecule has 7 nitrogen and oxygen atoms in total. The number of carboxylic acids is 1. The van der Waals surface area contributed by atoms with Crippen molar-refractivity contribution in [3.05, 3.63) is 12.2 Å². The molecule has 2 fully saturated rings. The van der Waals surface area contributed by atoms with Gasteiger partial charge in [-0.2, -0.15) is 0 Å².